The van der Waals surface area contributed by atoms with Crippen molar-refractivity contribution in [2.45, 2.75) is 63.5 Å². The van der Waals surface area contributed by atoms with Crippen molar-refractivity contribution in [1.29, 1.82) is 0 Å². The molecule has 0 radical (unpaired) electrons. The van der Waals surface area contributed by atoms with Gasteiger partial charge < -0.3 is 20.1 Å². The van der Waals surface area contributed by atoms with Gasteiger partial charge in [-0.1, -0.05) is 44.4 Å². The van der Waals surface area contributed by atoms with Crippen LogP contribution < -0.4 is 5.32 Å². The van der Waals surface area contributed by atoms with E-state index in [1.807, 2.05) is 4.90 Å². The van der Waals surface area contributed by atoms with E-state index >= 15 is 0 Å². The van der Waals surface area contributed by atoms with E-state index < -0.39 is 5.60 Å². The van der Waals surface area contributed by atoms with Crippen molar-refractivity contribution in [1.82, 2.24) is 10.2 Å². The Morgan fingerprint density at radius 1 is 1.33 bits per heavy atom. The first-order chi connectivity index (χ1) is 13.1. The van der Waals surface area contributed by atoms with Crippen molar-refractivity contribution in [2.24, 2.45) is 0 Å². The number of methoxy groups -OCH3 is 1. The molecule has 1 aromatic rings. The highest BCUT2D eigenvalue weighted by atomic mass is 16.5. The van der Waals surface area contributed by atoms with Gasteiger partial charge in [0.2, 0.25) is 5.91 Å². The largest absolute Gasteiger partial charge is 0.389 e. The molecule has 1 fully saturated rings. The molecule has 1 aliphatic heterocycles. The molecule has 0 bridgehead atoms. The average Bonchev–Trinajstić information content (AvgIpc) is 2.68. The highest BCUT2D eigenvalue weighted by Gasteiger charge is 2.32. The average molecular weight is 375 g/mol. The molecule has 2 aliphatic rings. The summed E-state index contributed by atoms with van der Waals surface area (Å²) >= 11 is 0. The van der Waals surface area contributed by atoms with Crippen molar-refractivity contribution in [3.8, 4) is 0 Å². The summed E-state index contributed by atoms with van der Waals surface area (Å²) in [5, 5.41) is 13.8. The van der Waals surface area contributed by atoms with Gasteiger partial charge >= 0.3 is 0 Å². The maximum absolute atomic E-state index is 12.9. The Hall–Kier alpha value is -1.43. The van der Waals surface area contributed by atoms with Crippen LogP contribution in [-0.4, -0.2) is 54.9 Å². The summed E-state index contributed by atoms with van der Waals surface area (Å²) < 4.78 is 5.45. The first-order valence-corrected chi connectivity index (χ1v) is 10.4. The fourth-order valence-corrected chi connectivity index (χ4v) is 4.49. The first-order valence-electron chi connectivity index (χ1n) is 10.4. The van der Waals surface area contributed by atoms with Crippen molar-refractivity contribution in [3.63, 3.8) is 0 Å². The number of carbonyl (C=O) groups is 1. The highest BCUT2D eigenvalue weighted by molar-refractivity contribution is 5.79. The molecule has 5 nitrogen and oxygen atoms in total. The molecular weight excluding hydrogens is 340 g/mol. The summed E-state index contributed by atoms with van der Waals surface area (Å²) in [6.07, 6.45) is 6.88. The molecule has 0 aromatic heterocycles. The zero-order chi connectivity index (χ0) is 19.3. The van der Waals surface area contributed by atoms with Crippen molar-refractivity contribution >= 4 is 5.91 Å². The van der Waals surface area contributed by atoms with E-state index in [1.165, 1.54) is 23.1 Å². The Kier molecular flexibility index (Phi) is 6.90. The van der Waals surface area contributed by atoms with Crippen LogP contribution in [0.5, 0.6) is 0 Å². The lowest BCUT2D eigenvalue weighted by Gasteiger charge is -2.38. The van der Waals surface area contributed by atoms with Crippen LogP contribution in [0.3, 0.4) is 0 Å². The Morgan fingerprint density at radius 2 is 2.11 bits per heavy atom. The van der Waals surface area contributed by atoms with Crippen LogP contribution in [0.25, 0.3) is 0 Å². The van der Waals surface area contributed by atoms with Gasteiger partial charge in [-0.2, -0.15) is 0 Å². The van der Waals surface area contributed by atoms with Gasteiger partial charge in [-0.25, -0.2) is 0 Å². The van der Waals surface area contributed by atoms with E-state index in [1.54, 1.807) is 7.11 Å². The fraction of sp³-hybridized carbons (Fsp3) is 0.682. The quantitative estimate of drug-likeness (QED) is 0.770. The molecule has 2 N–H and O–H groups in total. The summed E-state index contributed by atoms with van der Waals surface area (Å²) in [6, 6.07) is 6.59. The van der Waals surface area contributed by atoms with E-state index in [0.717, 1.165) is 45.1 Å². The number of nitrogens with zero attached hydrogens (tertiary/aromatic N) is 1. The van der Waals surface area contributed by atoms with Gasteiger partial charge in [-0.05, 0) is 42.4 Å². The summed E-state index contributed by atoms with van der Waals surface area (Å²) in [6.45, 7) is 4.15. The molecule has 3 rings (SSSR count). The Bertz CT molecular complexity index is 640. The van der Waals surface area contributed by atoms with E-state index in [2.05, 4.69) is 30.4 Å². The maximum Gasteiger partial charge on any atom is 0.237 e. The van der Waals surface area contributed by atoms with E-state index in [4.69, 9.17) is 4.74 Å². The van der Waals surface area contributed by atoms with Crippen LogP contribution in [0.1, 0.15) is 61.8 Å². The molecule has 1 aliphatic carbocycles. The molecule has 0 spiro atoms. The third-order valence-corrected chi connectivity index (χ3v) is 6.14. The lowest BCUT2D eigenvalue weighted by Crippen LogP contribution is -2.48. The van der Waals surface area contributed by atoms with Gasteiger partial charge in [0.05, 0.1) is 24.8 Å². The van der Waals surface area contributed by atoms with Crippen LogP contribution in [-0.2, 0) is 22.4 Å². The van der Waals surface area contributed by atoms with Crippen LogP contribution in [0.2, 0.25) is 0 Å². The molecule has 1 amide bonds. The van der Waals surface area contributed by atoms with Crippen molar-refractivity contribution in [2.75, 3.05) is 33.4 Å². The second-order valence-electron chi connectivity index (χ2n) is 8.08. The number of hydrogen-bond donors (Lipinski definition) is 2. The smallest absolute Gasteiger partial charge is 0.237 e. The lowest BCUT2D eigenvalue weighted by molar-refractivity contribution is -0.134. The fourth-order valence-electron chi connectivity index (χ4n) is 4.49. The molecule has 1 unspecified atom stereocenters. The Morgan fingerprint density at radius 3 is 2.81 bits per heavy atom. The normalized spacial score (nSPS) is 21.7. The molecule has 1 saturated carbocycles. The van der Waals surface area contributed by atoms with Gasteiger partial charge in [0.15, 0.2) is 0 Å². The molecule has 1 aromatic carbocycles. The number of aliphatic hydroxyl groups is 1. The standard InChI is InChI=1S/C22H34N2O3/c1-3-17-7-8-18-9-12-24(20(15-27-2)19(18)13-17)21(25)14-23-16-22(26)10-5-4-6-11-22/h7-8,13,20,23,26H,3-6,9-12,14-16H2,1-2H3. The first kappa shape index (κ1) is 20.3. The molecule has 0 saturated heterocycles. The van der Waals surface area contributed by atoms with Gasteiger partial charge in [-0.3, -0.25) is 4.79 Å². The second kappa shape index (κ2) is 9.18. The van der Waals surface area contributed by atoms with Crippen LogP contribution >= 0.6 is 0 Å². The minimum Gasteiger partial charge on any atom is -0.389 e. The number of rotatable bonds is 7. The lowest BCUT2D eigenvalue weighted by atomic mass is 9.85. The predicted molar refractivity (Wildman–Crippen MR) is 107 cm³/mol. The molecule has 5 heteroatoms. The zero-order valence-electron chi connectivity index (χ0n) is 16.8. The van der Waals surface area contributed by atoms with Crippen LogP contribution in [0.4, 0.5) is 0 Å². The van der Waals surface area contributed by atoms with Gasteiger partial charge in [0.1, 0.15) is 0 Å². The number of fused-ring (bicyclic) bond motifs is 1. The minimum absolute atomic E-state index is 0.0303. The third-order valence-electron chi connectivity index (χ3n) is 6.14. The van der Waals surface area contributed by atoms with Gasteiger partial charge in [-0.15, -0.1) is 0 Å². The monoisotopic (exact) mass is 374 g/mol. The van der Waals surface area contributed by atoms with E-state index in [-0.39, 0.29) is 18.5 Å². The molecule has 150 valence electrons. The third kappa shape index (κ3) is 4.89. The number of benzene rings is 1. The summed E-state index contributed by atoms with van der Waals surface area (Å²) in [5.74, 6) is 0.0870. The van der Waals surface area contributed by atoms with Crippen LogP contribution in [0, 0.1) is 0 Å². The molecule has 27 heavy (non-hydrogen) atoms. The number of carbonyl (C=O) groups excluding carboxylic acids is 1. The van der Waals surface area contributed by atoms with Gasteiger partial charge in [0.25, 0.3) is 0 Å². The number of ether oxygens (including phenoxy) is 1. The van der Waals surface area contributed by atoms with E-state index in [9.17, 15) is 9.90 Å². The van der Waals surface area contributed by atoms with Crippen molar-refractivity contribution in [3.05, 3.63) is 34.9 Å². The second-order valence-corrected chi connectivity index (χ2v) is 8.08. The summed E-state index contributed by atoms with van der Waals surface area (Å²) in [5.41, 5.74) is 3.20. The number of nitrogens with one attached hydrogen (secondary N) is 1. The minimum atomic E-state index is -0.644. The molecule has 1 atom stereocenters. The maximum atomic E-state index is 12.9. The number of hydrogen-bond acceptors (Lipinski definition) is 4. The number of aryl methyl sites for hydroxylation is 1. The van der Waals surface area contributed by atoms with Crippen LogP contribution in [0.15, 0.2) is 18.2 Å². The molecular formula is C22H34N2O3. The predicted octanol–water partition coefficient (Wildman–Crippen LogP) is 2.61. The Balaban J connectivity index is 1.64. The summed E-state index contributed by atoms with van der Waals surface area (Å²) in [7, 11) is 1.69. The Labute approximate surface area is 163 Å². The molecule has 1 heterocycles. The van der Waals surface area contributed by atoms with Gasteiger partial charge in [0, 0.05) is 20.2 Å². The summed E-state index contributed by atoms with van der Waals surface area (Å²) in [4.78, 5) is 14.9. The SMILES string of the molecule is CCc1ccc2c(c1)C(COC)N(C(=O)CNCC1(O)CCCCC1)CC2. The van der Waals surface area contributed by atoms with Crippen molar-refractivity contribution < 1.29 is 14.6 Å². The zero-order valence-corrected chi connectivity index (χ0v) is 16.8. The topological polar surface area (TPSA) is 61.8 Å². The van der Waals surface area contributed by atoms with E-state index in [0.29, 0.717) is 13.2 Å². The highest BCUT2D eigenvalue weighted by Crippen LogP contribution is 2.31. The number of amides is 1.